The number of ether oxygens (including phenoxy) is 1. The van der Waals surface area contributed by atoms with Crippen LogP contribution in [0, 0.1) is 13.8 Å². The lowest BCUT2D eigenvalue weighted by Gasteiger charge is -2.23. The predicted octanol–water partition coefficient (Wildman–Crippen LogP) is 2.54. The molecule has 0 spiro atoms. The molecule has 0 saturated carbocycles. The summed E-state index contributed by atoms with van der Waals surface area (Å²) in [6.07, 6.45) is -0.598. The molecule has 5 heteroatoms. The van der Waals surface area contributed by atoms with Gasteiger partial charge in [0.2, 0.25) is 0 Å². The maximum Gasteiger partial charge on any atom is 0.336 e. The molecule has 1 aromatic carbocycles. The van der Waals surface area contributed by atoms with E-state index in [1.54, 1.807) is 6.07 Å². The topological polar surface area (TPSA) is 71.7 Å². The summed E-state index contributed by atoms with van der Waals surface area (Å²) in [6, 6.07) is 5.11. The number of benzene rings is 1. The number of hydrogen-bond acceptors (Lipinski definition) is 5. The fourth-order valence-corrected chi connectivity index (χ4v) is 2.27. The van der Waals surface area contributed by atoms with E-state index in [9.17, 15) is 9.90 Å². The maximum absolute atomic E-state index is 11.4. The van der Waals surface area contributed by atoms with Crippen LogP contribution in [0.2, 0.25) is 0 Å². The SMILES string of the molecule is Cc1cc2oc(=O)cc(C)c2cc1OCC(O)CNC(C)(C)C. The highest BCUT2D eigenvalue weighted by Gasteiger charge is 2.14. The first-order valence-corrected chi connectivity index (χ1v) is 7.77. The van der Waals surface area contributed by atoms with Crippen LogP contribution in [0.4, 0.5) is 0 Å². The van der Waals surface area contributed by atoms with E-state index in [2.05, 4.69) is 5.32 Å². The van der Waals surface area contributed by atoms with Crippen LogP contribution in [-0.4, -0.2) is 29.9 Å². The van der Waals surface area contributed by atoms with Crippen molar-refractivity contribution in [3.63, 3.8) is 0 Å². The first kappa shape index (κ1) is 17.5. The Labute approximate surface area is 136 Å². The van der Waals surface area contributed by atoms with Gasteiger partial charge < -0.3 is 19.6 Å². The second-order valence-electron chi connectivity index (χ2n) is 6.96. The van der Waals surface area contributed by atoms with Crippen molar-refractivity contribution < 1.29 is 14.3 Å². The first-order valence-electron chi connectivity index (χ1n) is 7.77. The minimum absolute atomic E-state index is 0.0471. The van der Waals surface area contributed by atoms with Gasteiger partial charge >= 0.3 is 5.63 Å². The van der Waals surface area contributed by atoms with Crippen molar-refractivity contribution in [2.24, 2.45) is 0 Å². The third-order valence-corrected chi connectivity index (χ3v) is 3.55. The predicted molar refractivity (Wildman–Crippen MR) is 91.2 cm³/mol. The quantitative estimate of drug-likeness (QED) is 0.829. The molecule has 0 fully saturated rings. The molecule has 23 heavy (non-hydrogen) atoms. The van der Waals surface area contributed by atoms with Crippen molar-refractivity contribution >= 4 is 11.0 Å². The zero-order valence-corrected chi connectivity index (χ0v) is 14.4. The van der Waals surface area contributed by atoms with Crippen LogP contribution < -0.4 is 15.7 Å². The molecule has 1 heterocycles. The number of aryl methyl sites for hydroxylation is 2. The van der Waals surface area contributed by atoms with Gasteiger partial charge in [0.1, 0.15) is 24.0 Å². The lowest BCUT2D eigenvalue weighted by atomic mass is 10.1. The third-order valence-electron chi connectivity index (χ3n) is 3.55. The summed E-state index contributed by atoms with van der Waals surface area (Å²) in [7, 11) is 0. The zero-order valence-electron chi connectivity index (χ0n) is 14.4. The normalized spacial score (nSPS) is 13.3. The van der Waals surface area contributed by atoms with Gasteiger partial charge in [-0.1, -0.05) is 0 Å². The Kier molecular flexibility index (Phi) is 5.12. The minimum Gasteiger partial charge on any atom is -0.491 e. The van der Waals surface area contributed by atoms with Gasteiger partial charge in [0.15, 0.2) is 0 Å². The smallest absolute Gasteiger partial charge is 0.336 e. The molecule has 0 amide bonds. The number of aliphatic hydroxyl groups is 1. The van der Waals surface area contributed by atoms with E-state index < -0.39 is 6.10 Å². The van der Waals surface area contributed by atoms with Gasteiger partial charge in [0.25, 0.3) is 0 Å². The highest BCUT2D eigenvalue weighted by atomic mass is 16.5. The molecule has 2 aromatic rings. The summed E-state index contributed by atoms with van der Waals surface area (Å²) in [6.45, 7) is 10.5. The highest BCUT2D eigenvalue weighted by molar-refractivity contribution is 5.82. The molecule has 0 radical (unpaired) electrons. The van der Waals surface area contributed by atoms with Gasteiger partial charge in [0.05, 0.1) is 0 Å². The summed E-state index contributed by atoms with van der Waals surface area (Å²) in [5, 5.41) is 14.1. The van der Waals surface area contributed by atoms with Crippen molar-refractivity contribution in [1.82, 2.24) is 5.32 Å². The third kappa shape index (κ3) is 4.81. The van der Waals surface area contributed by atoms with Crippen LogP contribution in [0.25, 0.3) is 11.0 Å². The Bertz CT molecular complexity index is 743. The summed E-state index contributed by atoms with van der Waals surface area (Å²) < 4.78 is 11.0. The lowest BCUT2D eigenvalue weighted by molar-refractivity contribution is 0.0998. The molecular formula is C18H25NO4. The molecule has 1 aromatic heterocycles. The molecule has 5 nitrogen and oxygen atoms in total. The van der Waals surface area contributed by atoms with Gasteiger partial charge in [-0.25, -0.2) is 4.79 Å². The molecule has 2 N–H and O–H groups in total. The van der Waals surface area contributed by atoms with E-state index in [4.69, 9.17) is 9.15 Å². The summed E-state index contributed by atoms with van der Waals surface area (Å²) in [5.41, 5.74) is 1.86. The molecule has 1 atom stereocenters. The van der Waals surface area contributed by atoms with Gasteiger partial charge in [-0.05, 0) is 57.9 Å². The highest BCUT2D eigenvalue weighted by Crippen LogP contribution is 2.26. The summed E-state index contributed by atoms with van der Waals surface area (Å²) >= 11 is 0. The number of rotatable bonds is 5. The van der Waals surface area contributed by atoms with Crippen molar-refractivity contribution in [3.8, 4) is 5.75 Å². The average molecular weight is 319 g/mol. The van der Waals surface area contributed by atoms with Gasteiger partial charge in [-0.3, -0.25) is 0 Å². The second-order valence-corrected chi connectivity index (χ2v) is 6.96. The maximum atomic E-state index is 11.4. The Morgan fingerprint density at radius 2 is 1.91 bits per heavy atom. The van der Waals surface area contributed by atoms with E-state index in [0.29, 0.717) is 17.9 Å². The van der Waals surface area contributed by atoms with E-state index in [-0.39, 0.29) is 17.8 Å². The van der Waals surface area contributed by atoms with Crippen LogP contribution in [0.5, 0.6) is 5.75 Å². The zero-order chi connectivity index (χ0) is 17.2. The monoisotopic (exact) mass is 319 g/mol. The molecule has 0 saturated heterocycles. The van der Waals surface area contributed by atoms with Crippen LogP contribution >= 0.6 is 0 Å². The second kappa shape index (κ2) is 6.72. The van der Waals surface area contributed by atoms with Gasteiger partial charge in [0, 0.05) is 23.5 Å². The number of aliphatic hydroxyl groups excluding tert-OH is 1. The number of fused-ring (bicyclic) bond motifs is 1. The standard InChI is InChI=1S/C18H25NO4/c1-11-7-17(21)23-16-6-12(2)15(8-14(11)16)22-10-13(20)9-19-18(3,4)5/h6-8,13,19-20H,9-10H2,1-5H3. The Morgan fingerprint density at radius 3 is 2.57 bits per heavy atom. The summed E-state index contributed by atoms with van der Waals surface area (Å²) in [4.78, 5) is 11.4. The van der Waals surface area contributed by atoms with Crippen LogP contribution in [0.3, 0.4) is 0 Å². The number of nitrogens with one attached hydrogen (secondary N) is 1. The fourth-order valence-electron chi connectivity index (χ4n) is 2.27. The number of β-amino-alcohol motifs (C(OH)–C–C–N with tert-alkyl or cyclic N) is 1. The molecule has 0 aliphatic carbocycles. The van der Waals surface area contributed by atoms with E-state index in [1.807, 2.05) is 40.7 Å². The largest absolute Gasteiger partial charge is 0.491 e. The summed E-state index contributed by atoms with van der Waals surface area (Å²) in [5.74, 6) is 0.684. The van der Waals surface area contributed by atoms with Crippen molar-refractivity contribution in [2.45, 2.75) is 46.3 Å². The number of hydrogen-bond donors (Lipinski definition) is 2. The molecule has 1 unspecified atom stereocenters. The lowest BCUT2D eigenvalue weighted by Crippen LogP contribution is -2.42. The molecular weight excluding hydrogens is 294 g/mol. The minimum atomic E-state index is -0.598. The molecule has 0 aliphatic rings. The fraction of sp³-hybridized carbons (Fsp3) is 0.500. The van der Waals surface area contributed by atoms with Crippen molar-refractivity contribution in [1.29, 1.82) is 0 Å². The Morgan fingerprint density at radius 1 is 1.22 bits per heavy atom. The Balaban J connectivity index is 2.11. The van der Waals surface area contributed by atoms with Crippen LogP contribution in [0.1, 0.15) is 31.9 Å². The molecule has 126 valence electrons. The van der Waals surface area contributed by atoms with E-state index >= 15 is 0 Å². The van der Waals surface area contributed by atoms with E-state index in [0.717, 1.165) is 16.5 Å². The van der Waals surface area contributed by atoms with Crippen molar-refractivity contribution in [3.05, 3.63) is 39.7 Å². The van der Waals surface area contributed by atoms with E-state index in [1.165, 1.54) is 6.07 Å². The Hall–Kier alpha value is -1.85. The average Bonchev–Trinajstić information content (AvgIpc) is 2.42. The van der Waals surface area contributed by atoms with Gasteiger partial charge in [-0.15, -0.1) is 0 Å². The molecule has 0 bridgehead atoms. The van der Waals surface area contributed by atoms with Crippen molar-refractivity contribution in [2.75, 3.05) is 13.2 Å². The molecule has 0 aliphatic heterocycles. The molecule has 2 rings (SSSR count). The van der Waals surface area contributed by atoms with Crippen LogP contribution in [-0.2, 0) is 0 Å². The van der Waals surface area contributed by atoms with Crippen LogP contribution in [0.15, 0.2) is 27.4 Å². The van der Waals surface area contributed by atoms with Gasteiger partial charge in [-0.2, -0.15) is 0 Å². The first-order chi connectivity index (χ1) is 10.7.